The number of ketones is 1. The fourth-order valence-electron chi connectivity index (χ4n) is 2.70. The molecule has 0 aliphatic rings. The van der Waals surface area contributed by atoms with Gasteiger partial charge in [0.05, 0.1) is 17.8 Å². The molecule has 3 N–H and O–H groups in total. The Kier molecular flexibility index (Phi) is 4.42. The van der Waals surface area contributed by atoms with Crippen LogP contribution in [0, 0.1) is 13.8 Å². The number of hydrogen-bond donors (Lipinski definition) is 3. The van der Waals surface area contributed by atoms with E-state index in [2.05, 4.69) is 30.5 Å². The van der Waals surface area contributed by atoms with Crippen molar-refractivity contribution in [1.82, 2.24) is 30.5 Å². The van der Waals surface area contributed by atoms with Gasteiger partial charge in [0.2, 0.25) is 0 Å². The minimum atomic E-state index is -0.263. The van der Waals surface area contributed by atoms with E-state index in [-0.39, 0.29) is 18.2 Å². The molecule has 0 unspecified atom stereocenters. The van der Waals surface area contributed by atoms with Gasteiger partial charge in [-0.15, -0.1) is 0 Å². The number of Topliss-reactive ketones (excluding diaryl/α,β-unsaturated/α-hetero) is 1. The van der Waals surface area contributed by atoms with Gasteiger partial charge in [-0.25, -0.2) is 4.98 Å². The summed E-state index contributed by atoms with van der Waals surface area (Å²) in [5.74, 6) is 0.717. The van der Waals surface area contributed by atoms with Crippen LogP contribution in [0.15, 0.2) is 24.5 Å². The first kappa shape index (κ1) is 16.6. The molecule has 25 heavy (non-hydrogen) atoms. The Morgan fingerprint density at radius 1 is 1.20 bits per heavy atom. The van der Waals surface area contributed by atoms with Crippen LogP contribution in [0.3, 0.4) is 0 Å². The Labute approximate surface area is 144 Å². The van der Waals surface area contributed by atoms with E-state index in [1.54, 1.807) is 38.4 Å². The molecule has 0 aliphatic carbocycles. The van der Waals surface area contributed by atoms with E-state index in [9.17, 15) is 9.59 Å². The van der Waals surface area contributed by atoms with Crippen LogP contribution in [0.1, 0.15) is 44.9 Å². The minimum Gasteiger partial charge on any atom is -0.355 e. The first-order valence-corrected chi connectivity index (χ1v) is 7.77. The predicted molar refractivity (Wildman–Crippen MR) is 91.1 cm³/mol. The van der Waals surface area contributed by atoms with Gasteiger partial charge in [-0.05, 0) is 31.5 Å². The lowest BCUT2D eigenvalue weighted by Gasteiger charge is -2.04. The number of rotatable bonds is 5. The molecule has 8 nitrogen and oxygen atoms in total. The van der Waals surface area contributed by atoms with Crippen molar-refractivity contribution in [3.63, 3.8) is 0 Å². The van der Waals surface area contributed by atoms with Crippen LogP contribution in [-0.4, -0.2) is 36.8 Å². The molecule has 3 heterocycles. The number of aromatic amines is 2. The summed E-state index contributed by atoms with van der Waals surface area (Å²) >= 11 is 0. The molecule has 0 saturated carbocycles. The molecule has 3 aromatic rings. The van der Waals surface area contributed by atoms with Crippen LogP contribution < -0.4 is 5.32 Å². The largest absolute Gasteiger partial charge is 0.355 e. The molecule has 0 fully saturated rings. The van der Waals surface area contributed by atoms with Gasteiger partial charge in [0.15, 0.2) is 11.6 Å². The molecule has 0 aliphatic heterocycles. The third-order valence-electron chi connectivity index (χ3n) is 3.90. The summed E-state index contributed by atoms with van der Waals surface area (Å²) in [6.07, 6.45) is 3.33. The highest BCUT2D eigenvalue weighted by atomic mass is 16.1. The first-order valence-electron chi connectivity index (χ1n) is 7.77. The molecule has 0 radical (unpaired) electrons. The zero-order chi connectivity index (χ0) is 18.0. The van der Waals surface area contributed by atoms with E-state index in [1.165, 1.54) is 6.92 Å². The van der Waals surface area contributed by atoms with E-state index in [1.807, 2.05) is 0 Å². The van der Waals surface area contributed by atoms with Crippen molar-refractivity contribution in [1.29, 1.82) is 0 Å². The van der Waals surface area contributed by atoms with Gasteiger partial charge in [0.25, 0.3) is 5.91 Å². The minimum absolute atomic E-state index is 0.100. The number of carbonyl (C=O) groups excluding carboxylic acids is 2. The van der Waals surface area contributed by atoms with Gasteiger partial charge in [-0.1, -0.05) is 0 Å². The second-order valence-electron chi connectivity index (χ2n) is 5.71. The van der Waals surface area contributed by atoms with Crippen molar-refractivity contribution in [3.05, 3.63) is 52.9 Å². The molecular formula is C17H18N6O2. The maximum atomic E-state index is 12.5. The number of pyridine rings is 1. The van der Waals surface area contributed by atoms with Crippen LogP contribution in [0.4, 0.5) is 0 Å². The Morgan fingerprint density at radius 3 is 2.56 bits per heavy atom. The summed E-state index contributed by atoms with van der Waals surface area (Å²) in [5, 5.41) is 9.74. The van der Waals surface area contributed by atoms with Gasteiger partial charge >= 0.3 is 0 Å². The lowest BCUT2D eigenvalue weighted by molar-refractivity contribution is 0.0948. The number of aryl methyl sites for hydroxylation is 1. The SMILES string of the molecule is CC(=O)c1[nH]c(C)c(C(=O)NCc2nc(-c3ccncc3)n[nH]2)c1C. The van der Waals surface area contributed by atoms with E-state index in [0.29, 0.717) is 34.2 Å². The van der Waals surface area contributed by atoms with Crippen molar-refractivity contribution in [2.24, 2.45) is 0 Å². The topological polar surface area (TPSA) is 116 Å². The van der Waals surface area contributed by atoms with Crippen molar-refractivity contribution in [2.75, 3.05) is 0 Å². The highest BCUT2D eigenvalue weighted by Crippen LogP contribution is 2.18. The smallest absolute Gasteiger partial charge is 0.253 e. The molecule has 0 spiro atoms. The van der Waals surface area contributed by atoms with Crippen molar-refractivity contribution in [3.8, 4) is 11.4 Å². The number of H-pyrrole nitrogens is 2. The van der Waals surface area contributed by atoms with Crippen LogP contribution in [0.2, 0.25) is 0 Å². The van der Waals surface area contributed by atoms with Gasteiger partial charge in [-0.2, -0.15) is 5.10 Å². The first-order chi connectivity index (χ1) is 12.0. The lowest BCUT2D eigenvalue weighted by Crippen LogP contribution is -2.24. The molecule has 128 valence electrons. The standard InChI is InChI=1S/C17H18N6O2/c1-9-14(10(2)20-15(9)11(3)24)17(25)19-8-13-21-16(23-22-13)12-4-6-18-7-5-12/h4-7,20H,8H2,1-3H3,(H,19,25)(H,21,22,23). The molecule has 3 rings (SSSR count). The predicted octanol–water partition coefficient (Wildman–Crippen LogP) is 1.94. The Hall–Kier alpha value is -3.29. The summed E-state index contributed by atoms with van der Waals surface area (Å²) in [5.41, 5.74) is 3.10. The van der Waals surface area contributed by atoms with Crippen LogP contribution in [-0.2, 0) is 6.54 Å². The second kappa shape index (κ2) is 6.68. The molecule has 0 aromatic carbocycles. The van der Waals surface area contributed by atoms with Gasteiger partial charge < -0.3 is 10.3 Å². The van der Waals surface area contributed by atoms with Gasteiger partial charge in [-0.3, -0.25) is 19.7 Å². The fraction of sp³-hybridized carbons (Fsp3) is 0.235. The highest BCUT2D eigenvalue weighted by Gasteiger charge is 2.20. The number of amides is 1. The van der Waals surface area contributed by atoms with Crippen LogP contribution >= 0.6 is 0 Å². The monoisotopic (exact) mass is 338 g/mol. The summed E-state index contributed by atoms with van der Waals surface area (Å²) in [7, 11) is 0. The van der Waals surface area contributed by atoms with Gasteiger partial charge in [0.1, 0.15) is 5.82 Å². The van der Waals surface area contributed by atoms with Crippen LogP contribution in [0.25, 0.3) is 11.4 Å². The van der Waals surface area contributed by atoms with Crippen molar-refractivity contribution in [2.45, 2.75) is 27.3 Å². The lowest BCUT2D eigenvalue weighted by atomic mass is 10.1. The normalized spacial score (nSPS) is 10.7. The highest BCUT2D eigenvalue weighted by molar-refractivity contribution is 6.02. The summed E-state index contributed by atoms with van der Waals surface area (Å²) in [4.78, 5) is 35.3. The zero-order valence-electron chi connectivity index (χ0n) is 14.2. The number of nitrogens with one attached hydrogen (secondary N) is 3. The van der Waals surface area contributed by atoms with E-state index >= 15 is 0 Å². The third-order valence-corrected chi connectivity index (χ3v) is 3.90. The Morgan fingerprint density at radius 2 is 1.92 bits per heavy atom. The maximum absolute atomic E-state index is 12.5. The summed E-state index contributed by atoms with van der Waals surface area (Å²) < 4.78 is 0. The summed E-state index contributed by atoms with van der Waals surface area (Å²) in [6, 6.07) is 3.61. The number of aromatic nitrogens is 5. The van der Waals surface area contributed by atoms with Crippen molar-refractivity contribution < 1.29 is 9.59 Å². The maximum Gasteiger partial charge on any atom is 0.253 e. The Balaban J connectivity index is 1.71. The molecule has 0 atom stereocenters. The Bertz CT molecular complexity index is 926. The number of nitrogens with zero attached hydrogens (tertiary/aromatic N) is 3. The van der Waals surface area contributed by atoms with Crippen LogP contribution in [0.5, 0.6) is 0 Å². The molecule has 0 saturated heterocycles. The fourth-order valence-corrected chi connectivity index (χ4v) is 2.70. The molecule has 1 amide bonds. The average Bonchev–Trinajstić information content (AvgIpc) is 3.18. The number of hydrogen-bond acceptors (Lipinski definition) is 5. The molecular weight excluding hydrogens is 320 g/mol. The molecule has 8 heteroatoms. The average molecular weight is 338 g/mol. The summed E-state index contributed by atoms with van der Waals surface area (Å²) in [6.45, 7) is 5.20. The molecule has 3 aromatic heterocycles. The van der Waals surface area contributed by atoms with Gasteiger partial charge in [0, 0.05) is 30.6 Å². The van der Waals surface area contributed by atoms with E-state index in [0.717, 1.165) is 5.56 Å². The zero-order valence-corrected chi connectivity index (χ0v) is 14.2. The van der Waals surface area contributed by atoms with E-state index < -0.39 is 0 Å². The quantitative estimate of drug-likeness (QED) is 0.615. The molecule has 0 bridgehead atoms. The van der Waals surface area contributed by atoms with Crippen molar-refractivity contribution >= 4 is 11.7 Å². The van der Waals surface area contributed by atoms with E-state index in [4.69, 9.17) is 0 Å². The number of carbonyl (C=O) groups is 2. The second-order valence-corrected chi connectivity index (χ2v) is 5.71. The third kappa shape index (κ3) is 3.32.